The van der Waals surface area contributed by atoms with Crippen LogP contribution in [0.25, 0.3) is 0 Å². The van der Waals surface area contributed by atoms with Gasteiger partial charge < -0.3 is 10.1 Å². The molecule has 156 valence electrons. The number of nitrogens with zero attached hydrogens (tertiary/aromatic N) is 1. The third-order valence-electron chi connectivity index (χ3n) is 3.72. The van der Waals surface area contributed by atoms with Crippen molar-refractivity contribution in [3.05, 3.63) is 63.2 Å². The molecule has 3 N–H and O–H groups in total. The van der Waals surface area contributed by atoms with Crippen molar-refractivity contribution in [3.63, 3.8) is 0 Å². The Morgan fingerprint density at radius 1 is 1.20 bits per heavy atom. The second kappa shape index (κ2) is 9.68. The minimum absolute atomic E-state index is 0.0750. The summed E-state index contributed by atoms with van der Waals surface area (Å²) >= 11 is 8.43. The van der Waals surface area contributed by atoms with Crippen LogP contribution >= 0.6 is 46.1 Å². The molecule has 0 atom stereocenters. The Balaban J connectivity index is 1.61. The lowest BCUT2D eigenvalue weighted by Gasteiger charge is -2.11. The molecule has 0 aliphatic heterocycles. The molecule has 0 spiro atoms. The molecule has 1 aromatic heterocycles. The zero-order chi connectivity index (χ0) is 21.7. The van der Waals surface area contributed by atoms with E-state index in [-0.39, 0.29) is 21.0 Å². The van der Waals surface area contributed by atoms with E-state index in [0.29, 0.717) is 17.0 Å². The van der Waals surface area contributed by atoms with E-state index in [4.69, 9.17) is 17.0 Å². The number of carbonyl (C=O) groups is 1. The molecule has 0 saturated heterocycles. The molecule has 8 nitrogen and oxygen atoms in total. The first-order valence-corrected chi connectivity index (χ1v) is 12.1. The van der Waals surface area contributed by atoms with Crippen LogP contribution < -0.4 is 20.1 Å². The van der Waals surface area contributed by atoms with Gasteiger partial charge in [-0.05, 0) is 77.3 Å². The molecule has 0 aliphatic rings. The standard InChI is InChI=1S/C18H15IN4O4S3/c1-27-15-7-2-11(10-14(15)19)16(24)22-17(28)21-12-3-5-13(6-4-12)30(25,26)23-18-20-8-9-29-18/h2-10H,1H3,(H,20,23)(H2,21,22,24,28). The Bertz CT molecular complexity index is 1170. The highest BCUT2D eigenvalue weighted by atomic mass is 127. The Hall–Kier alpha value is -2.29. The Morgan fingerprint density at radius 3 is 2.53 bits per heavy atom. The molecule has 0 fully saturated rings. The van der Waals surface area contributed by atoms with E-state index in [9.17, 15) is 13.2 Å². The van der Waals surface area contributed by atoms with Crippen LogP contribution in [-0.4, -0.2) is 31.5 Å². The monoisotopic (exact) mass is 574 g/mol. The van der Waals surface area contributed by atoms with Gasteiger partial charge in [-0.25, -0.2) is 13.4 Å². The van der Waals surface area contributed by atoms with Gasteiger partial charge in [-0.2, -0.15) is 0 Å². The van der Waals surface area contributed by atoms with Crippen molar-refractivity contribution >= 4 is 78.0 Å². The van der Waals surface area contributed by atoms with Gasteiger partial charge in [0.2, 0.25) is 0 Å². The molecule has 2 aromatic carbocycles. The van der Waals surface area contributed by atoms with Gasteiger partial charge in [0.1, 0.15) is 5.75 Å². The number of thiocarbonyl (C=S) groups is 1. The van der Waals surface area contributed by atoms with E-state index < -0.39 is 10.0 Å². The van der Waals surface area contributed by atoms with E-state index in [1.54, 1.807) is 42.8 Å². The van der Waals surface area contributed by atoms with Gasteiger partial charge in [-0.1, -0.05) is 0 Å². The number of ether oxygens (including phenoxy) is 1. The van der Waals surface area contributed by atoms with Gasteiger partial charge in [0, 0.05) is 22.8 Å². The Morgan fingerprint density at radius 2 is 1.93 bits per heavy atom. The highest BCUT2D eigenvalue weighted by molar-refractivity contribution is 14.1. The van der Waals surface area contributed by atoms with Crippen LogP contribution in [-0.2, 0) is 10.0 Å². The van der Waals surface area contributed by atoms with Crippen LogP contribution in [0.15, 0.2) is 58.9 Å². The molecule has 3 rings (SSSR count). The highest BCUT2D eigenvalue weighted by Crippen LogP contribution is 2.22. The fraction of sp³-hybridized carbons (Fsp3) is 0.0556. The second-order valence-electron chi connectivity index (χ2n) is 5.72. The summed E-state index contributed by atoms with van der Waals surface area (Å²) in [5.74, 6) is 0.298. The van der Waals surface area contributed by atoms with Crippen LogP contribution in [0.3, 0.4) is 0 Å². The number of rotatable bonds is 6. The molecule has 1 amide bonds. The molecular formula is C18H15IN4O4S3. The van der Waals surface area contributed by atoms with Crippen molar-refractivity contribution in [2.45, 2.75) is 4.90 Å². The summed E-state index contributed by atoms with van der Waals surface area (Å²) in [5, 5.41) is 7.48. The first-order valence-electron chi connectivity index (χ1n) is 8.27. The third-order valence-corrected chi connectivity index (χ3v) is 6.94. The van der Waals surface area contributed by atoms with Crippen LogP contribution in [0.4, 0.5) is 10.8 Å². The molecule has 3 aromatic rings. The fourth-order valence-electron chi connectivity index (χ4n) is 2.31. The van der Waals surface area contributed by atoms with Crippen LogP contribution in [0.2, 0.25) is 0 Å². The van der Waals surface area contributed by atoms with Crippen molar-refractivity contribution in [2.24, 2.45) is 0 Å². The summed E-state index contributed by atoms with van der Waals surface area (Å²) in [4.78, 5) is 16.3. The number of nitrogens with one attached hydrogen (secondary N) is 3. The van der Waals surface area contributed by atoms with Gasteiger partial charge in [0.05, 0.1) is 15.6 Å². The molecule has 30 heavy (non-hydrogen) atoms. The number of thiazole rings is 1. The summed E-state index contributed by atoms with van der Waals surface area (Å²) in [7, 11) is -2.18. The molecule has 0 saturated carbocycles. The van der Waals surface area contributed by atoms with Gasteiger partial charge in [0.25, 0.3) is 15.9 Å². The number of aromatic nitrogens is 1. The molecule has 12 heteroatoms. The maximum Gasteiger partial charge on any atom is 0.263 e. The number of anilines is 2. The minimum atomic E-state index is -3.74. The van der Waals surface area contributed by atoms with Gasteiger partial charge in [-0.15, -0.1) is 11.3 Å². The Labute approximate surface area is 196 Å². The maximum atomic E-state index is 12.4. The molecule has 0 radical (unpaired) electrons. The number of benzene rings is 2. The predicted octanol–water partition coefficient (Wildman–Crippen LogP) is 3.68. The summed E-state index contributed by atoms with van der Waals surface area (Å²) in [6.07, 6.45) is 1.51. The molecule has 1 heterocycles. The van der Waals surface area contributed by atoms with Gasteiger partial charge >= 0.3 is 0 Å². The third kappa shape index (κ3) is 5.65. The number of carbonyl (C=O) groups excluding carboxylic acids is 1. The van der Waals surface area contributed by atoms with Crippen molar-refractivity contribution in [1.29, 1.82) is 0 Å². The van der Waals surface area contributed by atoms with E-state index >= 15 is 0 Å². The number of halogens is 1. The molecule has 0 aliphatic carbocycles. The van der Waals surface area contributed by atoms with Crippen molar-refractivity contribution in [1.82, 2.24) is 10.3 Å². The molecule has 0 unspecified atom stereocenters. The number of methoxy groups -OCH3 is 1. The summed E-state index contributed by atoms with van der Waals surface area (Å²) in [5.41, 5.74) is 0.955. The first-order chi connectivity index (χ1) is 14.3. The maximum absolute atomic E-state index is 12.4. The van der Waals surface area contributed by atoms with E-state index in [2.05, 4.69) is 42.9 Å². The van der Waals surface area contributed by atoms with Crippen LogP contribution in [0, 0.1) is 3.57 Å². The lowest BCUT2D eigenvalue weighted by molar-refractivity contribution is 0.0977. The zero-order valence-electron chi connectivity index (χ0n) is 15.4. The summed E-state index contributed by atoms with van der Waals surface area (Å²) < 4.78 is 33.1. The smallest absolute Gasteiger partial charge is 0.263 e. The normalized spacial score (nSPS) is 10.9. The van der Waals surface area contributed by atoms with Crippen molar-refractivity contribution in [2.75, 3.05) is 17.1 Å². The topological polar surface area (TPSA) is 109 Å². The lowest BCUT2D eigenvalue weighted by atomic mass is 10.2. The van der Waals surface area contributed by atoms with E-state index in [1.807, 2.05) is 0 Å². The molecule has 0 bridgehead atoms. The SMILES string of the molecule is COc1ccc(C(=O)NC(=S)Nc2ccc(S(=O)(=O)Nc3nccs3)cc2)cc1I. The van der Waals surface area contributed by atoms with E-state index in [1.165, 1.54) is 29.7 Å². The Kier molecular flexibility index (Phi) is 7.23. The lowest BCUT2D eigenvalue weighted by Crippen LogP contribution is -2.34. The van der Waals surface area contributed by atoms with Crippen LogP contribution in [0.1, 0.15) is 10.4 Å². The number of amides is 1. The highest BCUT2D eigenvalue weighted by Gasteiger charge is 2.16. The second-order valence-corrected chi connectivity index (χ2v) is 9.87. The fourth-order valence-corrected chi connectivity index (χ4v) is 5.05. The number of hydrogen-bond donors (Lipinski definition) is 3. The largest absolute Gasteiger partial charge is 0.496 e. The number of hydrogen-bond acceptors (Lipinski definition) is 7. The molecular weight excluding hydrogens is 559 g/mol. The quantitative estimate of drug-likeness (QED) is 0.305. The summed E-state index contributed by atoms with van der Waals surface area (Å²) in [6.45, 7) is 0. The van der Waals surface area contributed by atoms with Crippen molar-refractivity contribution in [3.8, 4) is 5.75 Å². The zero-order valence-corrected chi connectivity index (χ0v) is 20.0. The average Bonchev–Trinajstić information content (AvgIpc) is 3.20. The van der Waals surface area contributed by atoms with Gasteiger partial charge in [0.15, 0.2) is 10.2 Å². The van der Waals surface area contributed by atoms with Gasteiger partial charge in [-0.3, -0.25) is 14.8 Å². The van der Waals surface area contributed by atoms with E-state index in [0.717, 1.165) is 3.57 Å². The minimum Gasteiger partial charge on any atom is -0.496 e. The van der Waals surface area contributed by atoms with Crippen LogP contribution in [0.5, 0.6) is 5.75 Å². The summed E-state index contributed by atoms with van der Waals surface area (Å²) in [6, 6.07) is 11.0. The average molecular weight is 574 g/mol. The van der Waals surface area contributed by atoms with Crippen molar-refractivity contribution < 1.29 is 17.9 Å². The predicted molar refractivity (Wildman–Crippen MR) is 129 cm³/mol. The first kappa shape index (κ1) is 22.4. The number of sulfonamides is 1.